The summed E-state index contributed by atoms with van der Waals surface area (Å²) in [6.07, 6.45) is -4.54. The van der Waals surface area contributed by atoms with E-state index in [0.717, 1.165) is 12.1 Å². The van der Waals surface area contributed by atoms with Gasteiger partial charge in [-0.3, -0.25) is 0 Å². The fraction of sp³-hybridized carbons (Fsp3) is 0.167. The summed E-state index contributed by atoms with van der Waals surface area (Å²) in [7, 11) is 0. The van der Waals surface area contributed by atoms with Crippen molar-refractivity contribution in [3.63, 3.8) is 0 Å². The van der Waals surface area contributed by atoms with Crippen LogP contribution in [0, 0.1) is 0 Å². The minimum absolute atomic E-state index is 0.00706. The number of alkyl halides is 5. The molecule has 0 amide bonds. The lowest BCUT2D eigenvalue weighted by Crippen LogP contribution is -2.06. The second-order valence-electron chi connectivity index (χ2n) is 3.53. The molecule has 0 aliphatic heterocycles. The van der Waals surface area contributed by atoms with Gasteiger partial charge < -0.3 is 4.74 Å². The van der Waals surface area contributed by atoms with Crippen molar-refractivity contribution in [3.8, 4) is 5.75 Å². The topological polar surface area (TPSA) is 9.23 Å². The van der Waals surface area contributed by atoms with Crippen LogP contribution in [0.25, 0.3) is 10.8 Å². The van der Waals surface area contributed by atoms with Crippen LogP contribution in [0.3, 0.4) is 0 Å². The van der Waals surface area contributed by atoms with E-state index in [-0.39, 0.29) is 16.5 Å². The van der Waals surface area contributed by atoms with Crippen LogP contribution in [-0.4, -0.2) is 6.61 Å². The number of benzene rings is 2. The molecule has 0 heterocycles. The largest absolute Gasteiger partial charge is 0.434 e. The van der Waals surface area contributed by atoms with E-state index in [2.05, 4.69) is 4.74 Å². The SMILES string of the molecule is FC(F)Oc1cccc2c(C(F)(F)F)cccc12. The first-order valence-corrected chi connectivity index (χ1v) is 4.93. The highest BCUT2D eigenvalue weighted by atomic mass is 19.4. The van der Waals surface area contributed by atoms with Crippen molar-refractivity contribution in [1.82, 2.24) is 0 Å². The third kappa shape index (κ3) is 2.37. The molecule has 2 rings (SSSR count). The summed E-state index contributed by atoms with van der Waals surface area (Å²) in [4.78, 5) is 0. The van der Waals surface area contributed by atoms with Gasteiger partial charge in [0.05, 0.1) is 5.56 Å². The van der Waals surface area contributed by atoms with Gasteiger partial charge in [0.2, 0.25) is 0 Å². The van der Waals surface area contributed by atoms with E-state index in [4.69, 9.17) is 0 Å². The highest BCUT2D eigenvalue weighted by molar-refractivity contribution is 5.91. The minimum atomic E-state index is -4.54. The molecular weight excluding hydrogens is 255 g/mol. The summed E-state index contributed by atoms with van der Waals surface area (Å²) in [6.45, 7) is -3.08. The average molecular weight is 262 g/mol. The molecule has 0 saturated carbocycles. The predicted octanol–water partition coefficient (Wildman–Crippen LogP) is 4.46. The van der Waals surface area contributed by atoms with E-state index in [0.29, 0.717) is 0 Å². The molecule has 0 fully saturated rings. The normalized spacial score (nSPS) is 12.1. The Morgan fingerprint density at radius 1 is 0.889 bits per heavy atom. The Labute approximate surface area is 98.8 Å². The highest BCUT2D eigenvalue weighted by Gasteiger charge is 2.32. The molecule has 0 atom stereocenters. The summed E-state index contributed by atoms with van der Waals surface area (Å²) in [5, 5.41) is -0.157. The Morgan fingerprint density at radius 3 is 2.11 bits per heavy atom. The van der Waals surface area contributed by atoms with Crippen LogP contribution in [0.1, 0.15) is 5.56 Å². The molecule has 1 nitrogen and oxygen atoms in total. The van der Waals surface area contributed by atoms with E-state index in [9.17, 15) is 22.0 Å². The fourth-order valence-corrected chi connectivity index (χ4v) is 1.73. The zero-order chi connectivity index (χ0) is 13.3. The van der Waals surface area contributed by atoms with Crippen LogP contribution >= 0.6 is 0 Å². The quantitative estimate of drug-likeness (QED) is 0.726. The highest BCUT2D eigenvalue weighted by Crippen LogP contribution is 2.37. The lowest BCUT2D eigenvalue weighted by Gasteiger charge is -2.13. The molecule has 2 aromatic rings. The smallest absolute Gasteiger partial charge is 0.417 e. The number of fused-ring (bicyclic) bond motifs is 1. The standard InChI is InChI=1S/C12H7F5O/c13-11(14)18-10-6-2-3-7-8(10)4-1-5-9(7)12(15,16)17/h1-6,11H. The van der Waals surface area contributed by atoms with Crippen molar-refractivity contribution in [2.45, 2.75) is 12.8 Å². The maximum absolute atomic E-state index is 12.7. The molecule has 0 bridgehead atoms. The number of hydrogen-bond acceptors (Lipinski definition) is 1. The van der Waals surface area contributed by atoms with Crippen LogP contribution in [0.5, 0.6) is 5.75 Å². The van der Waals surface area contributed by atoms with Crippen LogP contribution in [-0.2, 0) is 6.18 Å². The lowest BCUT2D eigenvalue weighted by atomic mass is 10.0. The molecule has 6 heteroatoms. The molecule has 0 unspecified atom stereocenters. The third-order valence-electron chi connectivity index (χ3n) is 2.40. The Kier molecular flexibility index (Phi) is 3.11. The average Bonchev–Trinajstić information content (AvgIpc) is 2.26. The lowest BCUT2D eigenvalue weighted by molar-refractivity contribution is -0.136. The van der Waals surface area contributed by atoms with Gasteiger partial charge in [0.15, 0.2) is 0 Å². The van der Waals surface area contributed by atoms with Gasteiger partial charge in [0, 0.05) is 5.39 Å². The first kappa shape index (κ1) is 12.6. The van der Waals surface area contributed by atoms with Crippen LogP contribution in [0.4, 0.5) is 22.0 Å². The first-order valence-electron chi connectivity index (χ1n) is 4.93. The summed E-state index contributed by atoms with van der Waals surface area (Å²) < 4.78 is 66.6. The van der Waals surface area contributed by atoms with Crippen molar-refractivity contribution >= 4 is 10.8 Å². The van der Waals surface area contributed by atoms with Crippen LogP contribution in [0.2, 0.25) is 0 Å². The molecule has 0 aromatic heterocycles. The number of halogens is 5. The van der Waals surface area contributed by atoms with Gasteiger partial charge in [0.25, 0.3) is 0 Å². The molecule has 96 valence electrons. The van der Waals surface area contributed by atoms with Crippen molar-refractivity contribution in [1.29, 1.82) is 0 Å². The van der Waals surface area contributed by atoms with Crippen LogP contribution in [0.15, 0.2) is 36.4 Å². The third-order valence-corrected chi connectivity index (χ3v) is 2.40. The van der Waals surface area contributed by atoms with E-state index >= 15 is 0 Å². The molecule has 18 heavy (non-hydrogen) atoms. The van der Waals surface area contributed by atoms with Crippen molar-refractivity contribution in [3.05, 3.63) is 42.0 Å². The monoisotopic (exact) mass is 262 g/mol. The predicted molar refractivity (Wildman–Crippen MR) is 55.6 cm³/mol. The molecule has 0 radical (unpaired) electrons. The molecular formula is C12H7F5O. The molecule has 0 aliphatic rings. The Morgan fingerprint density at radius 2 is 1.50 bits per heavy atom. The van der Waals surface area contributed by atoms with E-state index in [1.54, 1.807) is 0 Å². The van der Waals surface area contributed by atoms with Gasteiger partial charge in [0.1, 0.15) is 5.75 Å². The summed E-state index contributed by atoms with van der Waals surface area (Å²) in [5.74, 6) is -0.270. The zero-order valence-corrected chi connectivity index (χ0v) is 8.84. The maximum atomic E-state index is 12.7. The Bertz CT molecular complexity index is 562. The zero-order valence-electron chi connectivity index (χ0n) is 8.84. The van der Waals surface area contributed by atoms with Gasteiger partial charge >= 0.3 is 12.8 Å². The summed E-state index contributed by atoms with van der Waals surface area (Å²) >= 11 is 0. The summed E-state index contributed by atoms with van der Waals surface area (Å²) in [6, 6.07) is 7.03. The maximum Gasteiger partial charge on any atom is 0.417 e. The Balaban J connectivity index is 2.66. The van der Waals surface area contributed by atoms with E-state index in [1.165, 1.54) is 24.3 Å². The fourth-order valence-electron chi connectivity index (χ4n) is 1.73. The number of hydrogen-bond donors (Lipinski definition) is 0. The van der Waals surface area contributed by atoms with Gasteiger partial charge in [-0.15, -0.1) is 0 Å². The van der Waals surface area contributed by atoms with Crippen molar-refractivity contribution < 1.29 is 26.7 Å². The molecule has 0 spiro atoms. The minimum Gasteiger partial charge on any atom is -0.434 e. The second kappa shape index (κ2) is 4.44. The second-order valence-corrected chi connectivity index (χ2v) is 3.53. The number of rotatable bonds is 2. The van der Waals surface area contributed by atoms with Gasteiger partial charge in [-0.2, -0.15) is 22.0 Å². The Hall–Kier alpha value is -1.85. The first-order chi connectivity index (χ1) is 8.39. The van der Waals surface area contributed by atoms with Crippen molar-refractivity contribution in [2.75, 3.05) is 0 Å². The van der Waals surface area contributed by atoms with Gasteiger partial charge in [-0.25, -0.2) is 0 Å². The van der Waals surface area contributed by atoms with Crippen molar-refractivity contribution in [2.24, 2.45) is 0 Å². The van der Waals surface area contributed by atoms with Gasteiger partial charge in [-0.1, -0.05) is 24.3 Å². The van der Waals surface area contributed by atoms with E-state index in [1.807, 2.05) is 0 Å². The number of ether oxygens (including phenoxy) is 1. The summed E-state index contributed by atoms with van der Waals surface area (Å²) in [5.41, 5.74) is -0.875. The van der Waals surface area contributed by atoms with E-state index < -0.39 is 18.4 Å². The molecule has 0 saturated heterocycles. The van der Waals surface area contributed by atoms with Gasteiger partial charge in [-0.05, 0) is 17.5 Å². The molecule has 0 aliphatic carbocycles. The van der Waals surface area contributed by atoms with Crippen LogP contribution < -0.4 is 4.74 Å². The molecule has 0 N–H and O–H groups in total. The molecule has 2 aromatic carbocycles.